The monoisotopic (exact) mass is 341 g/mol. The molecule has 0 aromatic heterocycles. The molecule has 20 heavy (non-hydrogen) atoms. The highest BCUT2D eigenvalue weighted by atomic mass is 79.9. The highest BCUT2D eigenvalue weighted by molar-refractivity contribution is 9.10. The van der Waals surface area contributed by atoms with Crippen molar-refractivity contribution in [3.8, 4) is 5.75 Å². The van der Waals surface area contributed by atoms with E-state index in [1.165, 1.54) is 24.8 Å². The van der Waals surface area contributed by atoms with Gasteiger partial charge in [0.25, 0.3) is 0 Å². The van der Waals surface area contributed by atoms with Gasteiger partial charge in [-0.05, 0) is 61.4 Å². The second kappa shape index (κ2) is 8.68. The molecule has 0 bridgehead atoms. The lowest BCUT2D eigenvalue weighted by molar-refractivity contribution is 0.243. The number of rotatable bonds is 9. The Kier molecular flexibility index (Phi) is 7.60. The standard InChI is InChI=1S/C17H28BrNO/c1-5-10-19-13-17(6-2,7-3)12-14-11-15(18)8-9-16(14)20-4/h8-9,11,19H,5-7,10,12-13H2,1-4H3. The number of benzene rings is 1. The van der Waals surface area contributed by atoms with Gasteiger partial charge in [-0.25, -0.2) is 0 Å². The van der Waals surface area contributed by atoms with Gasteiger partial charge >= 0.3 is 0 Å². The van der Waals surface area contributed by atoms with Crippen LogP contribution in [0.2, 0.25) is 0 Å². The molecule has 1 aromatic carbocycles. The normalized spacial score (nSPS) is 11.7. The molecule has 0 fully saturated rings. The summed E-state index contributed by atoms with van der Waals surface area (Å²) in [6, 6.07) is 6.28. The molecular weight excluding hydrogens is 314 g/mol. The fraction of sp³-hybridized carbons (Fsp3) is 0.647. The summed E-state index contributed by atoms with van der Waals surface area (Å²) in [7, 11) is 1.75. The van der Waals surface area contributed by atoms with Gasteiger partial charge in [-0.1, -0.05) is 36.7 Å². The summed E-state index contributed by atoms with van der Waals surface area (Å²) in [4.78, 5) is 0. The Morgan fingerprint density at radius 1 is 1.20 bits per heavy atom. The maximum absolute atomic E-state index is 5.52. The largest absolute Gasteiger partial charge is 0.496 e. The van der Waals surface area contributed by atoms with E-state index in [1.807, 2.05) is 6.07 Å². The van der Waals surface area contributed by atoms with Crippen LogP contribution in [0.4, 0.5) is 0 Å². The van der Waals surface area contributed by atoms with Gasteiger partial charge in [-0.15, -0.1) is 0 Å². The predicted molar refractivity (Wildman–Crippen MR) is 90.6 cm³/mol. The first-order valence-electron chi connectivity index (χ1n) is 7.64. The fourth-order valence-electron chi connectivity index (χ4n) is 2.63. The van der Waals surface area contributed by atoms with Gasteiger partial charge in [0.2, 0.25) is 0 Å². The molecule has 0 heterocycles. The minimum absolute atomic E-state index is 0.309. The third-order valence-corrected chi connectivity index (χ3v) is 4.73. The summed E-state index contributed by atoms with van der Waals surface area (Å²) in [5.41, 5.74) is 1.60. The Hall–Kier alpha value is -0.540. The van der Waals surface area contributed by atoms with Crippen molar-refractivity contribution >= 4 is 15.9 Å². The van der Waals surface area contributed by atoms with Crippen molar-refractivity contribution in [1.29, 1.82) is 0 Å². The topological polar surface area (TPSA) is 21.3 Å². The zero-order valence-corrected chi connectivity index (χ0v) is 14.8. The van der Waals surface area contributed by atoms with Crippen molar-refractivity contribution in [3.05, 3.63) is 28.2 Å². The molecule has 2 nitrogen and oxygen atoms in total. The number of nitrogens with one attached hydrogen (secondary N) is 1. The third-order valence-electron chi connectivity index (χ3n) is 4.23. The van der Waals surface area contributed by atoms with E-state index in [0.717, 1.165) is 29.7 Å². The number of hydrogen-bond acceptors (Lipinski definition) is 2. The molecule has 0 saturated carbocycles. The second-order valence-corrected chi connectivity index (χ2v) is 6.43. The molecule has 0 atom stereocenters. The lowest BCUT2D eigenvalue weighted by Crippen LogP contribution is -2.35. The predicted octanol–water partition coefficient (Wildman–Crippen LogP) is 4.81. The van der Waals surface area contributed by atoms with Crippen molar-refractivity contribution < 1.29 is 4.74 Å². The Bertz CT molecular complexity index is 402. The summed E-state index contributed by atoms with van der Waals surface area (Å²) in [5, 5.41) is 3.60. The summed E-state index contributed by atoms with van der Waals surface area (Å²) in [6.07, 6.45) is 4.59. The van der Waals surface area contributed by atoms with Crippen molar-refractivity contribution in [3.63, 3.8) is 0 Å². The van der Waals surface area contributed by atoms with E-state index in [1.54, 1.807) is 7.11 Å². The van der Waals surface area contributed by atoms with Crippen molar-refractivity contribution in [1.82, 2.24) is 5.32 Å². The Morgan fingerprint density at radius 2 is 1.90 bits per heavy atom. The van der Waals surface area contributed by atoms with Crippen molar-refractivity contribution in [2.45, 2.75) is 46.5 Å². The van der Waals surface area contributed by atoms with E-state index >= 15 is 0 Å². The van der Waals surface area contributed by atoms with Crippen LogP contribution in [0, 0.1) is 5.41 Å². The van der Waals surface area contributed by atoms with Crippen LogP contribution in [0.1, 0.15) is 45.6 Å². The van der Waals surface area contributed by atoms with Gasteiger partial charge in [0.15, 0.2) is 0 Å². The molecule has 1 aromatic rings. The van der Waals surface area contributed by atoms with Gasteiger partial charge in [-0.2, -0.15) is 0 Å². The molecule has 1 rings (SSSR count). The Balaban J connectivity index is 2.91. The van der Waals surface area contributed by atoms with Crippen LogP contribution in [0.25, 0.3) is 0 Å². The van der Waals surface area contributed by atoms with Crippen LogP contribution in [0.3, 0.4) is 0 Å². The molecule has 0 aliphatic rings. The maximum Gasteiger partial charge on any atom is 0.122 e. The van der Waals surface area contributed by atoms with Gasteiger partial charge in [-0.3, -0.25) is 0 Å². The number of ether oxygens (including phenoxy) is 1. The van der Waals surface area contributed by atoms with E-state index in [9.17, 15) is 0 Å². The zero-order valence-electron chi connectivity index (χ0n) is 13.3. The average Bonchev–Trinajstić information content (AvgIpc) is 2.46. The number of methoxy groups -OCH3 is 1. The molecule has 0 unspecified atom stereocenters. The van der Waals surface area contributed by atoms with Gasteiger partial charge in [0.05, 0.1) is 7.11 Å². The van der Waals surface area contributed by atoms with Gasteiger partial charge < -0.3 is 10.1 Å². The molecule has 114 valence electrons. The van der Waals surface area contributed by atoms with Crippen molar-refractivity contribution in [2.24, 2.45) is 5.41 Å². The van der Waals surface area contributed by atoms with Crippen LogP contribution in [0.15, 0.2) is 22.7 Å². The zero-order chi connectivity index (χ0) is 15.0. The molecule has 1 N–H and O–H groups in total. The average molecular weight is 342 g/mol. The van der Waals surface area contributed by atoms with Crippen LogP contribution in [-0.4, -0.2) is 20.2 Å². The molecular formula is C17H28BrNO. The fourth-order valence-corrected chi connectivity index (χ4v) is 3.04. The molecule has 0 aliphatic heterocycles. The second-order valence-electron chi connectivity index (χ2n) is 5.52. The van der Waals surface area contributed by atoms with E-state index in [2.05, 4.69) is 54.2 Å². The summed E-state index contributed by atoms with van der Waals surface area (Å²) in [6.45, 7) is 8.97. The van der Waals surface area contributed by atoms with Gasteiger partial charge in [0.1, 0.15) is 5.75 Å². The smallest absolute Gasteiger partial charge is 0.122 e. The first kappa shape index (κ1) is 17.5. The summed E-state index contributed by atoms with van der Waals surface area (Å²) < 4.78 is 6.64. The SMILES string of the molecule is CCCNCC(CC)(CC)Cc1cc(Br)ccc1OC. The maximum atomic E-state index is 5.52. The highest BCUT2D eigenvalue weighted by Gasteiger charge is 2.27. The van der Waals surface area contributed by atoms with Gasteiger partial charge in [0, 0.05) is 11.0 Å². The summed E-state index contributed by atoms with van der Waals surface area (Å²) >= 11 is 3.57. The molecule has 0 spiro atoms. The molecule has 3 heteroatoms. The quantitative estimate of drug-likeness (QED) is 0.651. The molecule has 0 amide bonds. The van der Waals surface area contributed by atoms with E-state index in [4.69, 9.17) is 4.74 Å². The molecule has 0 aliphatic carbocycles. The third kappa shape index (κ3) is 4.78. The lowest BCUT2D eigenvalue weighted by Gasteiger charge is -2.33. The van der Waals surface area contributed by atoms with Crippen LogP contribution >= 0.6 is 15.9 Å². The lowest BCUT2D eigenvalue weighted by atomic mass is 9.76. The van der Waals surface area contributed by atoms with E-state index in [0.29, 0.717) is 5.41 Å². The van der Waals surface area contributed by atoms with E-state index in [-0.39, 0.29) is 0 Å². The Labute approximate surface area is 132 Å². The van der Waals surface area contributed by atoms with Crippen molar-refractivity contribution in [2.75, 3.05) is 20.2 Å². The van der Waals surface area contributed by atoms with Crippen LogP contribution in [0.5, 0.6) is 5.75 Å². The minimum atomic E-state index is 0.309. The highest BCUT2D eigenvalue weighted by Crippen LogP contribution is 2.35. The number of halogens is 1. The van der Waals surface area contributed by atoms with Crippen LogP contribution in [-0.2, 0) is 6.42 Å². The number of hydrogen-bond donors (Lipinski definition) is 1. The summed E-state index contributed by atoms with van der Waals surface area (Å²) in [5.74, 6) is 0.995. The van der Waals surface area contributed by atoms with Crippen LogP contribution < -0.4 is 10.1 Å². The first-order valence-corrected chi connectivity index (χ1v) is 8.43. The van der Waals surface area contributed by atoms with E-state index < -0.39 is 0 Å². The first-order chi connectivity index (χ1) is 9.60. The molecule has 0 saturated heterocycles. The molecule has 0 radical (unpaired) electrons. The Morgan fingerprint density at radius 3 is 2.45 bits per heavy atom. The minimum Gasteiger partial charge on any atom is -0.496 e.